The lowest BCUT2D eigenvalue weighted by Crippen LogP contribution is -2.17. The number of anilines is 2. The number of para-hydroxylation sites is 1. The van der Waals surface area contributed by atoms with Crippen molar-refractivity contribution in [1.29, 1.82) is 0 Å². The average molecular weight is 303 g/mol. The molecule has 2 aromatic carbocycles. The van der Waals surface area contributed by atoms with Gasteiger partial charge in [-0.3, -0.25) is 4.79 Å². The quantitative estimate of drug-likeness (QED) is 0.858. The molecule has 2 rings (SSSR count). The zero-order chi connectivity index (χ0) is 15.4. The predicted molar refractivity (Wildman–Crippen MR) is 89.3 cm³/mol. The third kappa shape index (κ3) is 3.99. The molecule has 0 aliphatic rings. The number of aryl methyl sites for hydroxylation is 1. The highest BCUT2D eigenvalue weighted by atomic mass is 35.5. The monoisotopic (exact) mass is 302 g/mol. The molecule has 0 aliphatic carbocycles. The third-order valence-corrected chi connectivity index (χ3v) is 3.30. The van der Waals surface area contributed by atoms with E-state index in [1.807, 2.05) is 57.2 Å². The van der Waals surface area contributed by atoms with E-state index in [2.05, 4.69) is 10.6 Å². The predicted octanol–water partition coefficient (Wildman–Crippen LogP) is 4.72. The molecule has 0 saturated carbocycles. The highest BCUT2D eigenvalue weighted by Crippen LogP contribution is 2.24. The van der Waals surface area contributed by atoms with Crippen molar-refractivity contribution in [2.45, 2.75) is 26.8 Å². The summed E-state index contributed by atoms with van der Waals surface area (Å²) in [4.78, 5) is 12.4. The molecular weight excluding hydrogens is 284 g/mol. The first-order valence-electron chi connectivity index (χ1n) is 6.90. The van der Waals surface area contributed by atoms with Gasteiger partial charge in [0.2, 0.25) is 0 Å². The Kier molecular flexibility index (Phi) is 4.86. The third-order valence-electron chi connectivity index (χ3n) is 2.99. The van der Waals surface area contributed by atoms with Crippen LogP contribution in [0.2, 0.25) is 5.02 Å². The van der Waals surface area contributed by atoms with E-state index in [-0.39, 0.29) is 11.9 Å². The molecule has 0 fully saturated rings. The minimum Gasteiger partial charge on any atom is -0.382 e. The van der Waals surface area contributed by atoms with Gasteiger partial charge < -0.3 is 10.6 Å². The summed E-state index contributed by atoms with van der Waals surface area (Å²) in [5.41, 5.74) is 3.09. The van der Waals surface area contributed by atoms with E-state index in [0.717, 1.165) is 11.3 Å². The summed E-state index contributed by atoms with van der Waals surface area (Å²) in [6.07, 6.45) is 0. The van der Waals surface area contributed by atoms with Crippen molar-refractivity contribution in [3.63, 3.8) is 0 Å². The van der Waals surface area contributed by atoms with Gasteiger partial charge in [0.15, 0.2) is 0 Å². The molecule has 0 saturated heterocycles. The van der Waals surface area contributed by atoms with Gasteiger partial charge in [-0.2, -0.15) is 0 Å². The lowest BCUT2D eigenvalue weighted by atomic mass is 10.1. The molecule has 0 atom stereocenters. The second kappa shape index (κ2) is 6.64. The van der Waals surface area contributed by atoms with Gasteiger partial charge >= 0.3 is 0 Å². The summed E-state index contributed by atoms with van der Waals surface area (Å²) in [5, 5.41) is 6.67. The number of carbonyl (C=O) groups is 1. The van der Waals surface area contributed by atoms with Crippen LogP contribution in [0.4, 0.5) is 11.4 Å². The maximum atomic E-state index is 12.4. The van der Waals surface area contributed by atoms with Gasteiger partial charge in [-0.25, -0.2) is 0 Å². The van der Waals surface area contributed by atoms with E-state index in [0.29, 0.717) is 16.3 Å². The fraction of sp³-hybridized carbons (Fsp3) is 0.235. The zero-order valence-electron chi connectivity index (χ0n) is 12.4. The van der Waals surface area contributed by atoms with Gasteiger partial charge in [0.1, 0.15) is 0 Å². The number of benzene rings is 2. The van der Waals surface area contributed by atoms with E-state index in [9.17, 15) is 4.79 Å². The van der Waals surface area contributed by atoms with Crippen molar-refractivity contribution in [3.05, 3.63) is 58.6 Å². The Morgan fingerprint density at radius 2 is 1.81 bits per heavy atom. The first kappa shape index (κ1) is 15.4. The second-order valence-corrected chi connectivity index (χ2v) is 5.69. The van der Waals surface area contributed by atoms with Gasteiger partial charge in [-0.1, -0.05) is 29.8 Å². The molecule has 0 radical (unpaired) electrons. The Hall–Kier alpha value is -2.00. The number of halogens is 1. The molecule has 0 spiro atoms. The molecule has 0 heterocycles. The van der Waals surface area contributed by atoms with Crippen LogP contribution in [-0.2, 0) is 0 Å². The molecule has 0 unspecified atom stereocenters. The Morgan fingerprint density at radius 3 is 2.48 bits per heavy atom. The summed E-state index contributed by atoms with van der Waals surface area (Å²) >= 11 is 6.15. The van der Waals surface area contributed by atoms with Gasteiger partial charge in [0.05, 0.1) is 16.3 Å². The Morgan fingerprint density at radius 1 is 1.10 bits per heavy atom. The number of rotatable bonds is 4. The average Bonchev–Trinajstić information content (AvgIpc) is 2.42. The molecule has 0 aliphatic heterocycles. The fourth-order valence-electron chi connectivity index (χ4n) is 2.03. The number of hydrogen-bond acceptors (Lipinski definition) is 2. The molecule has 1 amide bonds. The second-order valence-electron chi connectivity index (χ2n) is 5.28. The molecular formula is C17H19ClN2O. The van der Waals surface area contributed by atoms with Crippen molar-refractivity contribution in [2.75, 3.05) is 10.6 Å². The summed E-state index contributed by atoms with van der Waals surface area (Å²) in [7, 11) is 0. The summed E-state index contributed by atoms with van der Waals surface area (Å²) in [5.74, 6) is -0.176. The van der Waals surface area contributed by atoms with Crippen molar-refractivity contribution in [2.24, 2.45) is 0 Å². The lowest BCUT2D eigenvalue weighted by molar-refractivity contribution is 0.102. The van der Waals surface area contributed by atoms with Crippen LogP contribution in [0.25, 0.3) is 0 Å². The van der Waals surface area contributed by atoms with Crippen molar-refractivity contribution in [1.82, 2.24) is 0 Å². The van der Waals surface area contributed by atoms with Gasteiger partial charge in [-0.15, -0.1) is 0 Å². The largest absolute Gasteiger partial charge is 0.382 e. The Labute approximate surface area is 130 Å². The fourth-order valence-corrected chi connectivity index (χ4v) is 2.31. The molecule has 4 heteroatoms. The van der Waals surface area contributed by atoms with Crippen LogP contribution >= 0.6 is 11.6 Å². The molecule has 0 bridgehead atoms. The van der Waals surface area contributed by atoms with Crippen LogP contribution in [0.1, 0.15) is 29.8 Å². The number of nitrogens with one attached hydrogen (secondary N) is 2. The van der Waals surface area contributed by atoms with E-state index < -0.39 is 0 Å². The SMILES string of the molecule is Cc1ccc(NC(=O)c2ccccc2NC(C)C)c(Cl)c1. The highest BCUT2D eigenvalue weighted by molar-refractivity contribution is 6.34. The topological polar surface area (TPSA) is 41.1 Å². The molecule has 21 heavy (non-hydrogen) atoms. The lowest BCUT2D eigenvalue weighted by Gasteiger charge is -2.15. The van der Waals surface area contributed by atoms with E-state index in [1.165, 1.54) is 0 Å². The maximum absolute atomic E-state index is 12.4. The highest BCUT2D eigenvalue weighted by Gasteiger charge is 2.13. The summed E-state index contributed by atoms with van der Waals surface area (Å²) in [6.45, 7) is 6.02. The van der Waals surface area contributed by atoms with E-state index >= 15 is 0 Å². The Bertz CT molecular complexity index is 653. The number of hydrogen-bond donors (Lipinski definition) is 2. The van der Waals surface area contributed by atoms with Gasteiger partial charge in [0.25, 0.3) is 5.91 Å². The van der Waals surface area contributed by atoms with E-state index in [1.54, 1.807) is 6.07 Å². The molecule has 0 aromatic heterocycles. The van der Waals surface area contributed by atoms with E-state index in [4.69, 9.17) is 11.6 Å². The minimum atomic E-state index is -0.176. The Balaban J connectivity index is 2.24. The van der Waals surface area contributed by atoms with Crippen LogP contribution in [0.5, 0.6) is 0 Å². The smallest absolute Gasteiger partial charge is 0.257 e. The molecule has 2 aromatic rings. The van der Waals surface area contributed by atoms with Crippen LogP contribution in [0, 0.1) is 6.92 Å². The van der Waals surface area contributed by atoms with Gasteiger partial charge in [-0.05, 0) is 50.6 Å². The van der Waals surface area contributed by atoms with Crippen LogP contribution < -0.4 is 10.6 Å². The number of carbonyl (C=O) groups excluding carboxylic acids is 1. The molecule has 110 valence electrons. The van der Waals surface area contributed by atoms with Crippen molar-refractivity contribution < 1.29 is 4.79 Å². The van der Waals surface area contributed by atoms with Crippen LogP contribution in [0.15, 0.2) is 42.5 Å². The van der Waals surface area contributed by atoms with Crippen molar-refractivity contribution in [3.8, 4) is 0 Å². The number of amides is 1. The van der Waals surface area contributed by atoms with Crippen molar-refractivity contribution >= 4 is 28.9 Å². The normalized spacial score (nSPS) is 10.5. The first-order chi connectivity index (χ1) is 9.97. The summed E-state index contributed by atoms with van der Waals surface area (Å²) < 4.78 is 0. The van der Waals surface area contributed by atoms with Gasteiger partial charge in [0, 0.05) is 11.7 Å². The molecule has 2 N–H and O–H groups in total. The maximum Gasteiger partial charge on any atom is 0.257 e. The van der Waals surface area contributed by atoms with Crippen LogP contribution in [-0.4, -0.2) is 11.9 Å². The van der Waals surface area contributed by atoms with Crippen LogP contribution in [0.3, 0.4) is 0 Å². The molecule has 3 nitrogen and oxygen atoms in total. The first-order valence-corrected chi connectivity index (χ1v) is 7.28. The zero-order valence-corrected chi connectivity index (χ0v) is 13.2. The standard InChI is InChI=1S/C17H19ClN2O/c1-11(2)19-15-7-5-4-6-13(15)17(21)20-16-9-8-12(3)10-14(16)18/h4-11,19H,1-3H3,(H,20,21). The minimum absolute atomic E-state index is 0.176. The summed E-state index contributed by atoms with van der Waals surface area (Å²) in [6, 6.07) is 13.2.